The number of benzene rings is 6. The number of fused-ring (bicyclic) bond motifs is 8. The van der Waals surface area contributed by atoms with Crippen LogP contribution in [0.4, 0.5) is 17.6 Å². The fourth-order valence-corrected chi connectivity index (χ4v) is 15.4. The third-order valence-corrected chi connectivity index (χ3v) is 18.7. The van der Waals surface area contributed by atoms with Gasteiger partial charge in [0, 0.05) is 68.7 Å². The number of esters is 4. The molecule has 0 saturated carbocycles. The van der Waals surface area contributed by atoms with Gasteiger partial charge < -0.3 is 24.1 Å². The highest BCUT2D eigenvalue weighted by Gasteiger charge is 2.72. The molecule has 3 heterocycles. The molecule has 4 aliphatic carbocycles. The first-order chi connectivity index (χ1) is 41.1. The van der Waals surface area contributed by atoms with Crippen LogP contribution in [0.5, 0.6) is 0 Å². The molecule has 0 amide bonds. The summed E-state index contributed by atoms with van der Waals surface area (Å²) in [7, 11) is 0. The molecule has 1 atom stereocenters. The molecule has 1 N–H and O–H groups in total. The summed E-state index contributed by atoms with van der Waals surface area (Å²) in [5.74, 6) is -13.0. The summed E-state index contributed by atoms with van der Waals surface area (Å²) in [6.07, 6.45) is 0.761. The SMILES string of the molecule is O=C1C(=Cc2cc3c(s2)C2=C(c4sc5cc(C=C6C(=O)c7cc(F)c(F)cc7C6O)sc5c4C2(C(=O)OCc2ccccc2)C(=O)OCc2ccccc2)C3(C(=O)OCc2ccccc2)C(=O)OCc2ccccc2)C(=O)c2cc(F)c(F)cc21. The zero-order valence-corrected chi connectivity index (χ0v) is 46.2. The van der Waals surface area contributed by atoms with Crippen molar-refractivity contribution in [1.29, 1.82) is 0 Å². The minimum absolute atomic E-state index is 0.00622. The van der Waals surface area contributed by atoms with Crippen molar-refractivity contribution < 1.29 is 75.2 Å². The molecule has 420 valence electrons. The molecule has 0 bridgehead atoms. The highest BCUT2D eigenvalue weighted by molar-refractivity contribution is 7.29. The van der Waals surface area contributed by atoms with Crippen molar-refractivity contribution in [2.24, 2.45) is 0 Å². The molecular weight excluding hydrogens is 1160 g/mol. The van der Waals surface area contributed by atoms with E-state index in [9.17, 15) is 37.1 Å². The number of carbonyl (C=O) groups excluding carboxylic acids is 7. The lowest BCUT2D eigenvalue weighted by molar-refractivity contribution is -0.165. The minimum Gasteiger partial charge on any atom is -0.459 e. The van der Waals surface area contributed by atoms with E-state index in [4.69, 9.17) is 18.9 Å². The van der Waals surface area contributed by atoms with Crippen LogP contribution in [-0.2, 0) is 75.4 Å². The normalized spacial score (nSPS) is 16.3. The number of hydrogen-bond acceptors (Lipinski definition) is 15. The third-order valence-electron chi connectivity index (χ3n) is 15.3. The van der Waals surface area contributed by atoms with Gasteiger partial charge in [0.1, 0.15) is 32.5 Å². The molecule has 0 radical (unpaired) electrons. The van der Waals surface area contributed by atoms with E-state index in [1.54, 1.807) is 127 Å². The van der Waals surface area contributed by atoms with Crippen molar-refractivity contribution in [2.45, 2.75) is 43.4 Å². The first-order valence-corrected chi connectivity index (χ1v) is 28.6. The molecule has 0 fully saturated rings. The number of thiophene rings is 3. The van der Waals surface area contributed by atoms with Crippen LogP contribution >= 0.6 is 34.0 Å². The maximum atomic E-state index is 16.2. The molecule has 0 spiro atoms. The summed E-state index contributed by atoms with van der Waals surface area (Å²) >= 11 is 2.66. The number of halogens is 4. The summed E-state index contributed by atoms with van der Waals surface area (Å²) < 4.78 is 83.9. The topological polar surface area (TPSA) is 177 Å². The highest BCUT2D eigenvalue weighted by atomic mass is 32.1. The number of ether oxygens (including phenoxy) is 4. The Morgan fingerprint density at radius 3 is 1.35 bits per heavy atom. The molecule has 0 saturated heterocycles. The molecule has 1 unspecified atom stereocenters. The number of Topliss-reactive ketones (excluding diaryl/α,β-unsaturated/α-hetero) is 3. The predicted molar refractivity (Wildman–Crippen MR) is 306 cm³/mol. The smallest absolute Gasteiger partial charge is 0.333 e. The Bertz CT molecular complexity index is 4310. The van der Waals surface area contributed by atoms with Gasteiger partial charge in [-0.25, -0.2) is 17.6 Å². The van der Waals surface area contributed by atoms with Gasteiger partial charge in [-0.05, 0) is 76.4 Å². The summed E-state index contributed by atoms with van der Waals surface area (Å²) in [6, 6.07) is 39.6. The molecular formula is C66H38F4O12S3. The zero-order chi connectivity index (χ0) is 59.1. The number of aliphatic hydroxyl groups is 1. The Balaban J connectivity index is 1.08. The molecule has 0 aliphatic heterocycles. The maximum absolute atomic E-state index is 16.2. The first-order valence-electron chi connectivity index (χ1n) is 26.1. The lowest BCUT2D eigenvalue weighted by atomic mass is 9.76. The van der Waals surface area contributed by atoms with E-state index in [1.807, 2.05) is 0 Å². The molecule has 3 aromatic heterocycles. The number of allylic oxidation sites excluding steroid dienone is 1. The van der Waals surface area contributed by atoms with E-state index in [-0.39, 0.29) is 63.2 Å². The average Bonchev–Trinajstić information content (AvgIpc) is 1.53. The van der Waals surface area contributed by atoms with Gasteiger partial charge in [-0.1, -0.05) is 121 Å². The van der Waals surface area contributed by atoms with Gasteiger partial charge in [-0.15, -0.1) is 34.0 Å². The average molecular weight is 1200 g/mol. The second-order valence-corrected chi connectivity index (χ2v) is 23.5. The number of ketones is 3. The van der Waals surface area contributed by atoms with Gasteiger partial charge in [0.2, 0.25) is 10.8 Å². The maximum Gasteiger partial charge on any atom is 0.333 e. The van der Waals surface area contributed by atoms with E-state index in [0.717, 1.165) is 46.2 Å². The molecule has 4 aliphatic rings. The van der Waals surface area contributed by atoms with E-state index in [2.05, 4.69) is 0 Å². The molecule has 19 heteroatoms. The van der Waals surface area contributed by atoms with Crippen molar-refractivity contribution in [2.75, 3.05) is 0 Å². The Kier molecular flexibility index (Phi) is 13.7. The van der Waals surface area contributed by atoms with Crippen LogP contribution in [0.1, 0.15) is 95.6 Å². The number of hydrogen-bond donors (Lipinski definition) is 1. The Morgan fingerprint density at radius 1 is 0.471 bits per heavy atom. The molecule has 9 aromatic rings. The fraction of sp³-hybridized carbons (Fsp3) is 0.106. The first kappa shape index (κ1) is 54.7. The Labute approximate surface area is 491 Å². The number of aliphatic hydroxyl groups excluding tert-OH is 1. The lowest BCUT2D eigenvalue weighted by Crippen LogP contribution is -2.45. The summed E-state index contributed by atoms with van der Waals surface area (Å²) in [5, 5.41) is 11.4. The second kappa shape index (κ2) is 21.3. The van der Waals surface area contributed by atoms with Gasteiger partial charge in [0.05, 0.1) is 10.3 Å². The highest BCUT2D eigenvalue weighted by Crippen LogP contribution is 2.69. The van der Waals surface area contributed by atoms with E-state index in [1.165, 1.54) is 12.1 Å². The number of rotatable bonds is 14. The van der Waals surface area contributed by atoms with Crippen molar-refractivity contribution >= 4 is 108 Å². The largest absolute Gasteiger partial charge is 0.459 e. The Morgan fingerprint density at radius 2 is 0.882 bits per heavy atom. The zero-order valence-electron chi connectivity index (χ0n) is 43.7. The van der Waals surface area contributed by atoms with Crippen LogP contribution in [-0.4, -0.2) is 46.3 Å². The van der Waals surface area contributed by atoms with Crippen molar-refractivity contribution in [3.8, 4) is 0 Å². The van der Waals surface area contributed by atoms with Gasteiger partial charge in [-0.2, -0.15) is 0 Å². The second-order valence-electron chi connectivity index (χ2n) is 20.2. The monoisotopic (exact) mass is 1190 g/mol. The van der Waals surface area contributed by atoms with Crippen LogP contribution in [0.25, 0.3) is 32.7 Å². The lowest BCUT2D eigenvalue weighted by Gasteiger charge is -2.29. The van der Waals surface area contributed by atoms with Crippen molar-refractivity contribution in [3.63, 3.8) is 0 Å². The third kappa shape index (κ3) is 8.83. The predicted octanol–water partition coefficient (Wildman–Crippen LogP) is 12.7. The summed E-state index contributed by atoms with van der Waals surface area (Å²) in [5.41, 5.74) is -6.42. The quantitative estimate of drug-likeness (QED) is 0.0273. The van der Waals surface area contributed by atoms with Crippen LogP contribution in [0.15, 0.2) is 169 Å². The fourth-order valence-electron chi connectivity index (χ4n) is 11.3. The van der Waals surface area contributed by atoms with Crippen LogP contribution in [0.2, 0.25) is 0 Å². The summed E-state index contributed by atoms with van der Waals surface area (Å²) in [4.78, 5) is 107. The van der Waals surface area contributed by atoms with Crippen LogP contribution in [0.3, 0.4) is 0 Å². The summed E-state index contributed by atoms with van der Waals surface area (Å²) in [6.45, 7) is -1.68. The molecule has 13 rings (SSSR count). The van der Waals surface area contributed by atoms with Crippen LogP contribution < -0.4 is 0 Å². The molecule has 6 aromatic carbocycles. The van der Waals surface area contributed by atoms with E-state index in [0.29, 0.717) is 45.2 Å². The Hall–Kier alpha value is -9.53. The van der Waals surface area contributed by atoms with Gasteiger partial charge >= 0.3 is 23.9 Å². The van der Waals surface area contributed by atoms with E-state index >= 15 is 19.2 Å². The van der Waals surface area contributed by atoms with Crippen LogP contribution in [0, 0.1) is 23.3 Å². The van der Waals surface area contributed by atoms with Gasteiger partial charge in [-0.3, -0.25) is 33.6 Å². The molecule has 12 nitrogen and oxygen atoms in total. The van der Waals surface area contributed by atoms with Crippen molar-refractivity contribution in [3.05, 3.63) is 267 Å². The van der Waals surface area contributed by atoms with Gasteiger partial charge in [0.15, 0.2) is 40.6 Å². The van der Waals surface area contributed by atoms with Crippen molar-refractivity contribution in [1.82, 2.24) is 0 Å². The van der Waals surface area contributed by atoms with E-state index < -0.39 is 125 Å². The number of carbonyl (C=O) groups is 7. The molecule has 85 heavy (non-hydrogen) atoms. The minimum atomic E-state index is -2.80. The van der Waals surface area contributed by atoms with Gasteiger partial charge in [0.25, 0.3) is 0 Å². The standard InChI is InChI=1S/C66H38F4O12S3/c67-46-25-39-40(26-47(46)68)55(72)43(54(39)71)21-37-23-45-58(83-37)51-52(65(45,61(75)79-29-33-13-5-1-6-14-33)62(76)80-30-34-15-7-2-8-16-34)60-53(59-50(85-60)24-38(84-59)22-44-56(73)41-27-48(69)49(70)28-42(41)57(44)74)66(51,63(77)81-31-35-17-9-3-10-18-35)64(78)82-32-36-19-11-4-12-20-36/h1-28,56,73H,29-32H2.